The Morgan fingerprint density at radius 2 is 2.05 bits per heavy atom. The molecule has 0 atom stereocenters. The van der Waals surface area contributed by atoms with Gasteiger partial charge >= 0.3 is 0 Å². The second-order valence-electron chi connectivity index (χ2n) is 4.01. The molecule has 0 heterocycles. The first-order chi connectivity index (χ1) is 9.61. The lowest BCUT2D eigenvalue weighted by molar-refractivity contribution is 0.298. The van der Waals surface area contributed by atoms with Crippen LogP contribution in [0.15, 0.2) is 52.1 Å². The highest BCUT2D eigenvalue weighted by molar-refractivity contribution is 9.10. The van der Waals surface area contributed by atoms with Gasteiger partial charge in [0.15, 0.2) is 5.84 Å². The third-order valence-corrected chi connectivity index (χ3v) is 3.30. The van der Waals surface area contributed by atoms with E-state index in [0.717, 1.165) is 0 Å². The Balaban J connectivity index is 2.13. The number of oxime groups is 1. The zero-order valence-corrected chi connectivity index (χ0v) is 12.0. The van der Waals surface area contributed by atoms with E-state index in [4.69, 9.17) is 15.7 Å². The molecule has 6 heteroatoms. The van der Waals surface area contributed by atoms with Crippen molar-refractivity contribution in [2.24, 2.45) is 10.9 Å². The van der Waals surface area contributed by atoms with E-state index in [1.165, 1.54) is 6.07 Å². The van der Waals surface area contributed by atoms with Crippen LogP contribution in [0.25, 0.3) is 0 Å². The van der Waals surface area contributed by atoms with Crippen molar-refractivity contribution in [3.8, 4) is 5.75 Å². The molecule has 0 fully saturated rings. The Morgan fingerprint density at radius 3 is 2.70 bits per heavy atom. The first-order valence-electron chi connectivity index (χ1n) is 5.75. The summed E-state index contributed by atoms with van der Waals surface area (Å²) in [4.78, 5) is 0. The van der Waals surface area contributed by atoms with Crippen LogP contribution in [0, 0.1) is 5.82 Å². The summed E-state index contributed by atoms with van der Waals surface area (Å²) in [5.74, 6) is 0.242. The second-order valence-corrected chi connectivity index (χ2v) is 4.86. The van der Waals surface area contributed by atoms with Crippen molar-refractivity contribution in [2.45, 2.75) is 6.61 Å². The Labute approximate surface area is 123 Å². The molecule has 2 aromatic rings. The number of halogens is 2. The standard InChI is InChI=1S/C14H12BrFN2O2/c15-11-7-9(14(17)18-19)5-6-13(11)20-8-10-3-1-2-4-12(10)16/h1-7,19H,8H2,(H2,17,18). The van der Waals surface area contributed by atoms with Gasteiger partial charge < -0.3 is 15.7 Å². The van der Waals surface area contributed by atoms with Gasteiger partial charge in [-0.25, -0.2) is 4.39 Å². The molecular formula is C14H12BrFN2O2. The fourth-order valence-corrected chi connectivity index (χ4v) is 2.10. The largest absolute Gasteiger partial charge is 0.488 e. The maximum absolute atomic E-state index is 13.5. The van der Waals surface area contributed by atoms with Gasteiger partial charge in [-0.15, -0.1) is 0 Å². The summed E-state index contributed by atoms with van der Waals surface area (Å²) in [6.45, 7) is 0.119. The normalized spacial score (nSPS) is 11.4. The van der Waals surface area contributed by atoms with E-state index >= 15 is 0 Å². The van der Waals surface area contributed by atoms with Crippen LogP contribution in [-0.4, -0.2) is 11.0 Å². The number of nitrogens with zero attached hydrogens (tertiary/aromatic N) is 1. The number of nitrogens with two attached hydrogens (primary N) is 1. The minimum absolute atomic E-state index is 0.00588. The summed E-state index contributed by atoms with van der Waals surface area (Å²) in [6.07, 6.45) is 0. The fraction of sp³-hybridized carbons (Fsp3) is 0.0714. The van der Waals surface area contributed by atoms with Crippen LogP contribution >= 0.6 is 15.9 Å². The molecule has 0 saturated carbocycles. The molecule has 0 aliphatic rings. The Bertz CT molecular complexity index is 647. The molecule has 0 amide bonds. The van der Waals surface area contributed by atoms with Crippen molar-refractivity contribution in [2.75, 3.05) is 0 Å². The van der Waals surface area contributed by atoms with Gasteiger partial charge in [0.25, 0.3) is 0 Å². The lowest BCUT2D eigenvalue weighted by Gasteiger charge is -2.10. The number of hydrogen-bond donors (Lipinski definition) is 2. The van der Waals surface area contributed by atoms with Crippen molar-refractivity contribution >= 4 is 21.8 Å². The zero-order valence-electron chi connectivity index (χ0n) is 10.4. The number of rotatable bonds is 4. The van der Waals surface area contributed by atoms with Gasteiger partial charge in [0.05, 0.1) is 4.47 Å². The highest BCUT2D eigenvalue weighted by atomic mass is 79.9. The molecule has 0 radical (unpaired) electrons. The molecular weight excluding hydrogens is 327 g/mol. The molecule has 2 rings (SSSR count). The van der Waals surface area contributed by atoms with Crippen LogP contribution in [0.5, 0.6) is 5.75 Å². The molecule has 0 spiro atoms. The number of ether oxygens (including phenoxy) is 1. The molecule has 0 aliphatic heterocycles. The summed E-state index contributed by atoms with van der Waals surface area (Å²) < 4.78 is 19.6. The van der Waals surface area contributed by atoms with Gasteiger partial charge in [0.2, 0.25) is 0 Å². The SMILES string of the molecule is N/C(=N/O)c1ccc(OCc2ccccc2F)c(Br)c1. The predicted octanol–water partition coefficient (Wildman–Crippen LogP) is 3.26. The smallest absolute Gasteiger partial charge is 0.170 e. The van der Waals surface area contributed by atoms with Crippen molar-refractivity contribution in [1.29, 1.82) is 0 Å². The third kappa shape index (κ3) is 3.27. The van der Waals surface area contributed by atoms with Gasteiger partial charge in [-0.1, -0.05) is 23.4 Å². The molecule has 20 heavy (non-hydrogen) atoms. The van der Waals surface area contributed by atoms with E-state index < -0.39 is 0 Å². The Morgan fingerprint density at radius 1 is 1.30 bits per heavy atom. The van der Waals surface area contributed by atoms with E-state index in [-0.39, 0.29) is 18.3 Å². The molecule has 0 saturated heterocycles. The first kappa shape index (κ1) is 14.3. The molecule has 104 valence electrons. The summed E-state index contributed by atoms with van der Waals surface area (Å²) in [6, 6.07) is 11.4. The number of benzene rings is 2. The monoisotopic (exact) mass is 338 g/mol. The van der Waals surface area contributed by atoms with Crippen LogP contribution in [0.3, 0.4) is 0 Å². The van der Waals surface area contributed by atoms with Gasteiger partial charge in [-0.2, -0.15) is 0 Å². The molecule has 0 aromatic heterocycles. The average Bonchev–Trinajstić information content (AvgIpc) is 2.46. The van der Waals surface area contributed by atoms with E-state index in [2.05, 4.69) is 21.1 Å². The van der Waals surface area contributed by atoms with Gasteiger partial charge in [0, 0.05) is 11.1 Å². The molecule has 2 aromatic carbocycles. The van der Waals surface area contributed by atoms with E-state index in [1.807, 2.05) is 0 Å². The van der Waals surface area contributed by atoms with Crippen LogP contribution < -0.4 is 10.5 Å². The van der Waals surface area contributed by atoms with Crippen LogP contribution in [-0.2, 0) is 6.61 Å². The summed E-state index contributed by atoms with van der Waals surface area (Å²) in [7, 11) is 0. The van der Waals surface area contributed by atoms with Crippen LogP contribution in [0.4, 0.5) is 4.39 Å². The average molecular weight is 339 g/mol. The highest BCUT2D eigenvalue weighted by Gasteiger charge is 2.07. The molecule has 0 bridgehead atoms. The summed E-state index contributed by atoms with van der Waals surface area (Å²) in [5, 5.41) is 11.5. The van der Waals surface area contributed by atoms with Crippen molar-refractivity contribution in [3.63, 3.8) is 0 Å². The molecule has 0 aliphatic carbocycles. The maximum Gasteiger partial charge on any atom is 0.170 e. The van der Waals surface area contributed by atoms with Crippen molar-refractivity contribution < 1.29 is 14.3 Å². The number of amidine groups is 1. The van der Waals surface area contributed by atoms with Crippen LogP contribution in [0.2, 0.25) is 0 Å². The van der Waals surface area contributed by atoms with E-state index in [0.29, 0.717) is 21.3 Å². The summed E-state index contributed by atoms with van der Waals surface area (Å²) >= 11 is 3.33. The van der Waals surface area contributed by atoms with Crippen molar-refractivity contribution in [3.05, 3.63) is 63.9 Å². The Hall–Kier alpha value is -2.08. The van der Waals surface area contributed by atoms with Gasteiger partial charge in [-0.05, 0) is 40.2 Å². The molecule has 3 N–H and O–H groups in total. The highest BCUT2D eigenvalue weighted by Crippen LogP contribution is 2.27. The Kier molecular flexibility index (Phi) is 4.57. The topological polar surface area (TPSA) is 67.8 Å². The zero-order chi connectivity index (χ0) is 14.5. The fourth-order valence-electron chi connectivity index (χ4n) is 1.61. The second kappa shape index (κ2) is 6.38. The minimum Gasteiger partial charge on any atom is -0.488 e. The van der Waals surface area contributed by atoms with Gasteiger partial charge in [0.1, 0.15) is 18.2 Å². The van der Waals surface area contributed by atoms with Gasteiger partial charge in [-0.3, -0.25) is 0 Å². The molecule has 0 unspecified atom stereocenters. The minimum atomic E-state index is -0.308. The van der Waals surface area contributed by atoms with Crippen molar-refractivity contribution in [1.82, 2.24) is 0 Å². The lowest BCUT2D eigenvalue weighted by atomic mass is 10.2. The predicted molar refractivity (Wildman–Crippen MR) is 77.4 cm³/mol. The summed E-state index contributed by atoms with van der Waals surface area (Å²) in [5.41, 5.74) is 6.51. The van der Waals surface area contributed by atoms with Crippen LogP contribution in [0.1, 0.15) is 11.1 Å². The molecule has 4 nitrogen and oxygen atoms in total. The lowest BCUT2D eigenvalue weighted by Crippen LogP contribution is -2.13. The first-order valence-corrected chi connectivity index (χ1v) is 6.54. The third-order valence-electron chi connectivity index (χ3n) is 2.68. The number of hydrogen-bond acceptors (Lipinski definition) is 3. The van der Waals surface area contributed by atoms with E-state index in [9.17, 15) is 4.39 Å². The maximum atomic E-state index is 13.5. The quantitative estimate of drug-likeness (QED) is 0.389. The van der Waals surface area contributed by atoms with E-state index in [1.54, 1.807) is 36.4 Å².